The summed E-state index contributed by atoms with van der Waals surface area (Å²) in [5.74, 6) is 0. The standard InChI is InChI=1S/C47H52O11.2Ac/c48-40-41(49)47(57-38(31-51-26-33-16-6-1-7-17-33)43(40)53-28-35-20-10-3-11-21-35)58-45-42(50)46(55-30-37-24-14-5-15-25-37)56-39(32-52-27-34-18-8-2-9-19-34)44(45)54-29-36-22-12-4-13-23-36;;/h1-25,38-50H,26-32H2;;/t38?,39?,40-,41?,42?,43-,44-,45-,46-,47+;;/m1../s1. The van der Waals surface area contributed by atoms with Crippen LogP contribution in [0, 0.1) is 88.1 Å². The van der Waals surface area contributed by atoms with Gasteiger partial charge in [0.05, 0.1) is 46.2 Å². The molecule has 60 heavy (non-hydrogen) atoms. The van der Waals surface area contributed by atoms with Crippen LogP contribution >= 0.6 is 0 Å². The first kappa shape index (κ1) is 49.6. The van der Waals surface area contributed by atoms with Gasteiger partial charge >= 0.3 is 0 Å². The van der Waals surface area contributed by atoms with E-state index >= 15 is 0 Å². The summed E-state index contributed by atoms with van der Waals surface area (Å²) in [6.45, 7) is 1.14. The fourth-order valence-electron chi connectivity index (χ4n) is 7.06. The average molecular weight is 1250 g/mol. The molecule has 11 nitrogen and oxygen atoms in total. The molecule has 0 amide bonds. The minimum absolute atomic E-state index is 0. The minimum atomic E-state index is -1.58. The Morgan fingerprint density at radius 2 is 0.717 bits per heavy atom. The van der Waals surface area contributed by atoms with Crippen molar-refractivity contribution in [1.82, 2.24) is 0 Å². The Bertz CT molecular complexity index is 1890. The van der Waals surface area contributed by atoms with Gasteiger partial charge in [-0.05, 0) is 27.8 Å². The largest absolute Gasteiger partial charge is 0.387 e. The zero-order valence-corrected chi connectivity index (χ0v) is 42.9. The van der Waals surface area contributed by atoms with E-state index in [4.69, 9.17) is 37.9 Å². The Hall–Kier alpha value is -1.46. The molecule has 5 aromatic carbocycles. The van der Waals surface area contributed by atoms with Crippen molar-refractivity contribution in [2.75, 3.05) is 13.2 Å². The molecule has 2 heterocycles. The SMILES string of the molecule is OC1[C@H](O[C@@H]2C(O)[C@H](OCc3ccccc3)OC(COCc3ccccc3)[C@H]2OCc2ccccc2)OC(COCc2ccccc2)[C@@H](OCc2ccccc2)[C@@H]1O.[Ac].[Ac]. The van der Waals surface area contributed by atoms with Crippen LogP contribution in [0.25, 0.3) is 0 Å². The summed E-state index contributed by atoms with van der Waals surface area (Å²) in [6, 6.07) is 48.2. The van der Waals surface area contributed by atoms with Crippen molar-refractivity contribution in [2.24, 2.45) is 0 Å². The van der Waals surface area contributed by atoms with Gasteiger partial charge in [0.25, 0.3) is 0 Å². The van der Waals surface area contributed by atoms with Crippen LogP contribution in [-0.2, 0) is 70.9 Å². The van der Waals surface area contributed by atoms with Crippen molar-refractivity contribution in [2.45, 2.75) is 94.4 Å². The van der Waals surface area contributed by atoms with Gasteiger partial charge in [0.2, 0.25) is 0 Å². The van der Waals surface area contributed by atoms with E-state index in [1.54, 1.807) is 0 Å². The Morgan fingerprint density at radius 1 is 0.367 bits per heavy atom. The molecule has 2 aliphatic heterocycles. The van der Waals surface area contributed by atoms with Crippen LogP contribution in [0.15, 0.2) is 152 Å². The quantitative estimate of drug-likeness (QED) is 0.0938. The normalized spacial score (nSPS) is 26.4. The van der Waals surface area contributed by atoms with Crippen LogP contribution < -0.4 is 0 Å². The number of ether oxygens (including phenoxy) is 8. The molecule has 0 aromatic heterocycles. The summed E-state index contributed by atoms with van der Waals surface area (Å²) < 4.78 is 50.7. The van der Waals surface area contributed by atoms with E-state index in [0.717, 1.165) is 27.8 Å². The molecule has 2 radical (unpaired) electrons. The summed E-state index contributed by atoms with van der Waals surface area (Å²) >= 11 is 0. The van der Waals surface area contributed by atoms with E-state index in [0.29, 0.717) is 6.61 Å². The molecule has 2 aliphatic rings. The molecule has 312 valence electrons. The third kappa shape index (κ3) is 14.5. The molecule has 0 spiro atoms. The molecule has 2 saturated heterocycles. The van der Waals surface area contributed by atoms with Crippen molar-refractivity contribution in [3.8, 4) is 0 Å². The monoisotopic (exact) mass is 1250 g/mol. The number of aliphatic hydroxyl groups excluding tert-OH is 3. The Morgan fingerprint density at radius 3 is 1.15 bits per heavy atom. The molecule has 13 heteroatoms. The van der Waals surface area contributed by atoms with E-state index in [1.807, 2.05) is 152 Å². The zero-order valence-electron chi connectivity index (χ0n) is 33.4. The number of hydrogen-bond acceptors (Lipinski definition) is 11. The number of aliphatic hydroxyl groups is 3. The van der Waals surface area contributed by atoms with Gasteiger partial charge in [0.1, 0.15) is 48.8 Å². The minimum Gasteiger partial charge on any atom is -0.387 e. The van der Waals surface area contributed by atoms with Crippen LogP contribution in [-0.4, -0.2) is 89.9 Å². The zero-order chi connectivity index (χ0) is 39.9. The molecule has 2 fully saturated rings. The molecule has 0 aliphatic carbocycles. The van der Waals surface area contributed by atoms with Gasteiger partial charge < -0.3 is 53.2 Å². The predicted molar refractivity (Wildman–Crippen MR) is 214 cm³/mol. The topological polar surface area (TPSA) is 135 Å². The molecule has 0 bridgehead atoms. The van der Waals surface area contributed by atoms with Crippen LogP contribution in [0.4, 0.5) is 0 Å². The second-order valence-electron chi connectivity index (χ2n) is 14.5. The Balaban J connectivity index is 0.00000341. The third-order valence-electron chi connectivity index (χ3n) is 10.2. The van der Waals surface area contributed by atoms with Crippen LogP contribution in [0.2, 0.25) is 0 Å². The van der Waals surface area contributed by atoms with E-state index in [2.05, 4.69) is 0 Å². The van der Waals surface area contributed by atoms with Gasteiger partial charge in [-0.1, -0.05) is 152 Å². The van der Waals surface area contributed by atoms with Crippen LogP contribution in [0.3, 0.4) is 0 Å². The summed E-state index contributed by atoms with van der Waals surface area (Å²) in [7, 11) is 0. The molecular weight excluding hydrogens is 1190 g/mol. The average Bonchev–Trinajstić information content (AvgIpc) is 3.27. The molecule has 5 aromatic rings. The van der Waals surface area contributed by atoms with Crippen molar-refractivity contribution in [1.29, 1.82) is 0 Å². The Kier molecular flexibility index (Phi) is 21.8. The maximum Gasteiger partial charge on any atom is 0.187 e. The van der Waals surface area contributed by atoms with Gasteiger partial charge in [0.15, 0.2) is 12.6 Å². The smallest absolute Gasteiger partial charge is 0.187 e. The second-order valence-corrected chi connectivity index (χ2v) is 14.5. The van der Waals surface area contributed by atoms with Gasteiger partial charge in [-0.25, -0.2) is 0 Å². The molecule has 7 rings (SSSR count). The van der Waals surface area contributed by atoms with E-state index in [9.17, 15) is 15.3 Å². The second kappa shape index (κ2) is 26.4. The first-order valence-corrected chi connectivity index (χ1v) is 19.7. The fraction of sp³-hybridized carbons (Fsp3) is 0.362. The van der Waals surface area contributed by atoms with E-state index in [1.165, 1.54) is 0 Å². The molecule has 10 atom stereocenters. The fourth-order valence-corrected chi connectivity index (χ4v) is 7.06. The molecule has 4 unspecified atom stereocenters. The van der Waals surface area contributed by atoms with Crippen molar-refractivity contribution >= 4 is 0 Å². The predicted octanol–water partition coefficient (Wildman–Crippen LogP) is 5.73. The summed E-state index contributed by atoms with van der Waals surface area (Å²) in [4.78, 5) is 0. The van der Waals surface area contributed by atoms with Gasteiger partial charge in [0, 0.05) is 88.1 Å². The van der Waals surface area contributed by atoms with Crippen LogP contribution in [0.5, 0.6) is 0 Å². The van der Waals surface area contributed by atoms with Crippen LogP contribution in [0.1, 0.15) is 27.8 Å². The van der Waals surface area contributed by atoms with Crippen molar-refractivity contribution in [3.05, 3.63) is 179 Å². The maximum atomic E-state index is 12.0. The summed E-state index contributed by atoms with van der Waals surface area (Å²) in [5, 5.41) is 35.4. The molecule has 3 N–H and O–H groups in total. The first-order chi connectivity index (χ1) is 28.5. The summed E-state index contributed by atoms with van der Waals surface area (Å²) in [5.41, 5.74) is 4.59. The number of hydrogen-bond donors (Lipinski definition) is 3. The summed E-state index contributed by atoms with van der Waals surface area (Å²) in [6.07, 6.45) is -11.8. The third-order valence-corrected chi connectivity index (χ3v) is 10.2. The van der Waals surface area contributed by atoms with Crippen molar-refractivity contribution < 1.29 is 141 Å². The van der Waals surface area contributed by atoms with Crippen molar-refractivity contribution in [3.63, 3.8) is 0 Å². The number of benzene rings is 5. The molecule has 0 saturated carbocycles. The Labute approximate surface area is 423 Å². The maximum absolute atomic E-state index is 12.0. The van der Waals surface area contributed by atoms with E-state index < -0.39 is 61.4 Å². The van der Waals surface area contributed by atoms with Gasteiger partial charge in [-0.2, -0.15) is 0 Å². The molecular formula is C47H52Ac2O11. The van der Waals surface area contributed by atoms with Gasteiger partial charge in [-0.3, -0.25) is 0 Å². The number of rotatable bonds is 19. The first-order valence-electron chi connectivity index (χ1n) is 19.7. The van der Waals surface area contributed by atoms with E-state index in [-0.39, 0.29) is 128 Å². The van der Waals surface area contributed by atoms with Gasteiger partial charge in [-0.15, -0.1) is 0 Å².